The Morgan fingerprint density at radius 2 is 1.14 bits per heavy atom. The van der Waals surface area contributed by atoms with Gasteiger partial charge in [-0.1, -0.05) is 64.4 Å². The van der Waals surface area contributed by atoms with Crippen molar-refractivity contribution in [3.05, 3.63) is 12.7 Å². The minimum absolute atomic E-state index is 0.435. The van der Waals surface area contributed by atoms with Crippen LogP contribution in [-0.4, -0.2) is 0 Å². The summed E-state index contributed by atoms with van der Waals surface area (Å²) in [5, 5.41) is 0. The Hall–Kier alpha value is -0.260. The zero-order valence-electron chi connectivity index (χ0n) is 9.86. The summed E-state index contributed by atoms with van der Waals surface area (Å²) >= 11 is 0. The van der Waals surface area contributed by atoms with Gasteiger partial charge in [-0.2, -0.15) is 0 Å². The molecule has 0 atom stereocenters. The van der Waals surface area contributed by atoms with E-state index in [2.05, 4.69) is 19.6 Å². The first kappa shape index (κ1) is 11.8. The second-order valence-corrected chi connectivity index (χ2v) is 5.19. The lowest BCUT2D eigenvalue weighted by Crippen LogP contribution is -2.12. The molecule has 1 rings (SSSR count). The predicted molar refractivity (Wildman–Crippen MR) is 64.5 cm³/mol. The van der Waals surface area contributed by atoms with Crippen molar-refractivity contribution < 1.29 is 0 Å². The maximum Gasteiger partial charge on any atom is -0.0149 e. The van der Waals surface area contributed by atoms with Gasteiger partial charge >= 0.3 is 0 Å². The quantitative estimate of drug-likeness (QED) is 0.510. The van der Waals surface area contributed by atoms with Gasteiger partial charge < -0.3 is 0 Å². The highest BCUT2D eigenvalue weighted by molar-refractivity contribution is 4.91. The van der Waals surface area contributed by atoms with Gasteiger partial charge in [0.1, 0.15) is 0 Å². The Morgan fingerprint density at radius 3 is 1.50 bits per heavy atom. The molecule has 82 valence electrons. The van der Waals surface area contributed by atoms with Crippen molar-refractivity contribution in [3.63, 3.8) is 0 Å². The molecule has 1 aliphatic carbocycles. The van der Waals surface area contributed by atoms with E-state index in [9.17, 15) is 0 Å². The van der Waals surface area contributed by atoms with Crippen molar-refractivity contribution in [2.45, 2.75) is 71.1 Å². The van der Waals surface area contributed by atoms with Crippen LogP contribution in [0.15, 0.2) is 12.7 Å². The topological polar surface area (TPSA) is 0 Å². The van der Waals surface area contributed by atoms with Gasteiger partial charge in [0.15, 0.2) is 0 Å². The van der Waals surface area contributed by atoms with E-state index >= 15 is 0 Å². The highest BCUT2D eigenvalue weighted by atomic mass is 14.2. The molecule has 0 bridgehead atoms. The van der Waals surface area contributed by atoms with Crippen LogP contribution in [0.3, 0.4) is 0 Å². The Balaban J connectivity index is 2.39. The molecule has 1 aliphatic rings. The molecule has 0 nitrogen and oxygen atoms in total. The van der Waals surface area contributed by atoms with Gasteiger partial charge in [-0.25, -0.2) is 0 Å². The van der Waals surface area contributed by atoms with Crippen molar-refractivity contribution in [1.82, 2.24) is 0 Å². The van der Waals surface area contributed by atoms with Crippen LogP contribution < -0.4 is 0 Å². The monoisotopic (exact) mass is 194 g/mol. The van der Waals surface area contributed by atoms with Gasteiger partial charge in [0.05, 0.1) is 0 Å². The summed E-state index contributed by atoms with van der Waals surface area (Å²) < 4.78 is 0. The van der Waals surface area contributed by atoms with Crippen LogP contribution in [0, 0.1) is 5.41 Å². The van der Waals surface area contributed by atoms with E-state index in [1.54, 1.807) is 0 Å². The molecular weight excluding hydrogens is 168 g/mol. The largest absolute Gasteiger partial charge is 0.103 e. The summed E-state index contributed by atoms with van der Waals surface area (Å²) in [5.41, 5.74) is 0.435. The third-order valence-corrected chi connectivity index (χ3v) is 3.74. The number of rotatable bonds is 1. The third kappa shape index (κ3) is 4.30. The molecule has 0 radical (unpaired) electrons. The van der Waals surface area contributed by atoms with E-state index in [1.807, 2.05) is 0 Å². The molecule has 0 aromatic rings. The van der Waals surface area contributed by atoms with E-state index in [4.69, 9.17) is 0 Å². The average Bonchev–Trinajstić information content (AvgIpc) is 2.24. The SMILES string of the molecule is C=CC1(C)CCCCCCCCCC1. The first-order chi connectivity index (χ1) is 6.77. The summed E-state index contributed by atoms with van der Waals surface area (Å²) in [6.45, 7) is 6.39. The molecule has 0 saturated heterocycles. The van der Waals surface area contributed by atoms with Crippen molar-refractivity contribution >= 4 is 0 Å². The molecule has 0 spiro atoms. The van der Waals surface area contributed by atoms with Gasteiger partial charge in [-0.05, 0) is 18.3 Å². The van der Waals surface area contributed by atoms with Crippen molar-refractivity contribution in [3.8, 4) is 0 Å². The van der Waals surface area contributed by atoms with E-state index in [0.29, 0.717) is 5.41 Å². The van der Waals surface area contributed by atoms with E-state index in [1.165, 1.54) is 64.2 Å². The normalized spacial score (nSPS) is 24.9. The summed E-state index contributed by atoms with van der Waals surface area (Å²) in [7, 11) is 0. The van der Waals surface area contributed by atoms with E-state index in [0.717, 1.165) is 0 Å². The van der Waals surface area contributed by atoms with Crippen LogP contribution in [0.5, 0.6) is 0 Å². The summed E-state index contributed by atoms with van der Waals surface area (Å²) in [6.07, 6.45) is 16.4. The minimum atomic E-state index is 0.435. The standard InChI is InChI=1S/C14H26/c1-3-14(2)12-10-8-6-4-5-7-9-11-13-14/h3H,1,4-13H2,2H3. The molecule has 0 aromatic carbocycles. The molecular formula is C14H26. The fourth-order valence-corrected chi connectivity index (χ4v) is 2.45. The first-order valence-electron chi connectivity index (χ1n) is 6.40. The lowest BCUT2D eigenvalue weighted by atomic mass is 9.80. The maximum atomic E-state index is 4.01. The molecule has 0 aromatic heterocycles. The van der Waals surface area contributed by atoms with Gasteiger partial charge in [0.2, 0.25) is 0 Å². The van der Waals surface area contributed by atoms with Crippen LogP contribution in [0.25, 0.3) is 0 Å². The molecule has 0 heterocycles. The van der Waals surface area contributed by atoms with Crippen LogP contribution in [-0.2, 0) is 0 Å². The Labute approximate surface area is 89.8 Å². The van der Waals surface area contributed by atoms with E-state index in [-0.39, 0.29) is 0 Å². The molecule has 0 aliphatic heterocycles. The number of hydrogen-bond donors (Lipinski definition) is 0. The molecule has 1 fully saturated rings. The van der Waals surface area contributed by atoms with Crippen LogP contribution in [0.2, 0.25) is 0 Å². The molecule has 0 amide bonds. The molecule has 0 heteroatoms. The molecule has 1 saturated carbocycles. The fourth-order valence-electron chi connectivity index (χ4n) is 2.45. The van der Waals surface area contributed by atoms with Crippen LogP contribution >= 0.6 is 0 Å². The second-order valence-electron chi connectivity index (χ2n) is 5.19. The van der Waals surface area contributed by atoms with Crippen molar-refractivity contribution in [1.29, 1.82) is 0 Å². The lowest BCUT2D eigenvalue weighted by Gasteiger charge is -2.25. The van der Waals surface area contributed by atoms with Crippen LogP contribution in [0.1, 0.15) is 71.1 Å². The highest BCUT2D eigenvalue weighted by Gasteiger charge is 2.19. The van der Waals surface area contributed by atoms with Gasteiger partial charge in [0.25, 0.3) is 0 Å². The first-order valence-corrected chi connectivity index (χ1v) is 6.40. The van der Waals surface area contributed by atoms with Crippen molar-refractivity contribution in [2.24, 2.45) is 5.41 Å². The summed E-state index contributed by atoms with van der Waals surface area (Å²) in [4.78, 5) is 0. The smallest absolute Gasteiger partial charge is 0.0149 e. The summed E-state index contributed by atoms with van der Waals surface area (Å²) in [5.74, 6) is 0. The Morgan fingerprint density at radius 1 is 0.786 bits per heavy atom. The Bertz CT molecular complexity index is 145. The Kier molecular flexibility index (Phi) is 5.29. The second kappa shape index (κ2) is 6.27. The number of allylic oxidation sites excluding steroid dienone is 1. The third-order valence-electron chi connectivity index (χ3n) is 3.74. The summed E-state index contributed by atoms with van der Waals surface area (Å²) in [6, 6.07) is 0. The minimum Gasteiger partial charge on any atom is -0.103 e. The molecule has 0 N–H and O–H groups in total. The van der Waals surface area contributed by atoms with Gasteiger partial charge in [-0.15, -0.1) is 6.58 Å². The zero-order valence-corrected chi connectivity index (χ0v) is 9.86. The van der Waals surface area contributed by atoms with Gasteiger partial charge in [0, 0.05) is 0 Å². The van der Waals surface area contributed by atoms with Gasteiger partial charge in [-0.3, -0.25) is 0 Å². The predicted octanol–water partition coefficient (Wildman–Crippen LogP) is 5.09. The molecule has 14 heavy (non-hydrogen) atoms. The van der Waals surface area contributed by atoms with E-state index < -0.39 is 0 Å². The fraction of sp³-hybridized carbons (Fsp3) is 0.857. The maximum absolute atomic E-state index is 4.01. The lowest BCUT2D eigenvalue weighted by molar-refractivity contribution is 0.334. The van der Waals surface area contributed by atoms with Crippen LogP contribution in [0.4, 0.5) is 0 Å². The molecule has 0 unspecified atom stereocenters. The number of hydrogen-bond acceptors (Lipinski definition) is 0. The van der Waals surface area contributed by atoms with Crippen molar-refractivity contribution in [2.75, 3.05) is 0 Å². The highest BCUT2D eigenvalue weighted by Crippen LogP contribution is 2.33. The average molecular weight is 194 g/mol. The zero-order chi connectivity index (χ0) is 10.3.